The first-order chi connectivity index (χ1) is 20.5. The van der Waals surface area contributed by atoms with Gasteiger partial charge in [-0.05, 0) is 66.3 Å². The monoisotopic (exact) mass is 578 g/mol. The zero-order valence-corrected chi connectivity index (χ0v) is 25.6. The summed E-state index contributed by atoms with van der Waals surface area (Å²) in [6.07, 6.45) is 17.2. The summed E-state index contributed by atoms with van der Waals surface area (Å²) in [4.78, 5) is 12.7. The van der Waals surface area contributed by atoms with E-state index in [4.69, 9.17) is 9.47 Å². The average Bonchev–Trinajstić information content (AvgIpc) is 2.99. The number of benzene rings is 3. The fourth-order valence-corrected chi connectivity index (χ4v) is 5.07. The standard InChI is InChI=1S/C37H48F2O3/c1-3-5-7-9-11-12-13-15-17-30-22-24-33(28-34(30)38)42-37(40)31-20-18-29(19-21-31)32-23-25-36(35(39)27-32)41-26-16-14-10-8-6-4-2/h18-25,27-28H,3-17,26H2,1-2H3. The maximum Gasteiger partial charge on any atom is 0.343 e. The summed E-state index contributed by atoms with van der Waals surface area (Å²) in [5, 5.41) is 0. The molecule has 42 heavy (non-hydrogen) atoms. The van der Waals surface area contributed by atoms with E-state index in [1.807, 2.05) is 6.07 Å². The summed E-state index contributed by atoms with van der Waals surface area (Å²) in [5.41, 5.74) is 2.44. The lowest BCUT2D eigenvalue weighted by atomic mass is 10.0. The molecule has 3 aromatic rings. The van der Waals surface area contributed by atoms with Crippen molar-refractivity contribution < 1.29 is 23.0 Å². The van der Waals surface area contributed by atoms with Gasteiger partial charge in [0, 0.05) is 6.07 Å². The van der Waals surface area contributed by atoms with Crippen LogP contribution >= 0.6 is 0 Å². The van der Waals surface area contributed by atoms with Gasteiger partial charge in [-0.2, -0.15) is 0 Å². The topological polar surface area (TPSA) is 35.5 Å². The van der Waals surface area contributed by atoms with Crippen molar-refractivity contribution >= 4 is 5.97 Å². The van der Waals surface area contributed by atoms with Crippen LogP contribution in [0.3, 0.4) is 0 Å². The highest BCUT2D eigenvalue weighted by Crippen LogP contribution is 2.27. The summed E-state index contributed by atoms with van der Waals surface area (Å²) in [7, 11) is 0. The van der Waals surface area contributed by atoms with Crippen molar-refractivity contribution in [3.8, 4) is 22.6 Å². The highest BCUT2D eigenvalue weighted by Gasteiger charge is 2.12. The summed E-state index contributed by atoms with van der Waals surface area (Å²) >= 11 is 0. The Bertz CT molecular complexity index is 1210. The molecular weight excluding hydrogens is 530 g/mol. The molecule has 0 saturated heterocycles. The van der Waals surface area contributed by atoms with Gasteiger partial charge in [-0.3, -0.25) is 0 Å². The first-order valence-corrected chi connectivity index (χ1v) is 16.0. The quantitative estimate of drug-likeness (QED) is 0.0760. The number of carbonyl (C=O) groups is 1. The van der Waals surface area contributed by atoms with Gasteiger partial charge in [-0.25, -0.2) is 13.6 Å². The van der Waals surface area contributed by atoms with E-state index < -0.39 is 11.8 Å². The molecular formula is C37H48F2O3. The van der Waals surface area contributed by atoms with Gasteiger partial charge in [0.2, 0.25) is 0 Å². The molecule has 0 bridgehead atoms. The zero-order chi connectivity index (χ0) is 30.0. The number of hydrogen-bond donors (Lipinski definition) is 0. The Labute approximate surface area is 251 Å². The lowest BCUT2D eigenvalue weighted by Crippen LogP contribution is -2.08. The first kappa shape index (κ1) is 33.3. The van der Waals surface area contributed by atoms with Crippen molar-refractivity contribution in [1.29, 1.82) is 0 Å². The predicted molar refractivity (Wildman–Crippen MR) is 168 cm³/mol. The lowest BCUT2D eigenvalue weighted by Gasteiger charge is -2.10. The molecule has 0 heterocycles. The van der Waals surface area contributed by atoms with Gasteiger partial charge in [0.05, 0.1) is 12.2 Å². The lowest BCUT2D eigenvalue weighted by molar-refractivity contribution is 0.0734. The second-order valence-electron chi connectivity index (χ2n) is 11.2. The Morgan fingerprint density at radius 1 is 0.619 bits per heavy atom. The highest BCUT2D eigenvalue weighted by molar-refractivity contribution is 5.91. The molecule has 3 rings (SSSR count). The van der Waals surface area contributed by atoms with Gasteiger partial charge in [0.25, 0.3) is 0 Å². The van der Waals surface area contributed by atoms with E-state index in [-0.39, 0.29) is 17.3 Å². The number of carbonyl (C=O) groups excluding carboxylic acids is 1. The number of esters is 1. The first-order valence-electron chi connectivity index (χ1n) is 16.0. The minimum Gasteiger partial charge on any atom is -0.491 e. The van der Waals surface area contributed by atoms with E-state index in [2.05, 4.69) is 13.8 Å². The van der Waals surface area contributed by atoms with Gasteiger partial charge in [-0.1, -0.05) is 115 Å². The minimum absolute atomic E-state index is 0.180. The number of ether oxygens (including phenoxy) is 2. The molecule has 0 aliphatic carbocycles. The van der Waals surface area contributed by atoms with Crippen LogP contribution in [0.5, 0.6) is 11.5 Å². The van der Waals surface area contributed by atoms with E-state index in [0.717, 1.165) is 31.2 Å². The van der Waals surface area contributed by atoms with E-state index in [9.17, 15) is 13.6 Å². The van der Waals surface area contributed by atoms with Crippen molar-refractivity contribution in [3.05, 3.63) is 83.4 Å². The fourth-order valence-electron chi connectivity index (χ4n) is 5.07. The van der Waals surface area contributed by atoms with Crippen LogP contribution in [-0.2, 0) is 6.42 Å². The molecule has 3 aromatic carbocycles. The zero-order valence-electron chi connectivity index (χ0n) is 25.6. The number of unbranched alkanes of at least 4 members (excludes halogenated alkanes) is 12. The van der Waals surface area contributed by atoms with E-state index >= 15 is 0 Å². The van der Waals surface area contributed by atoms with Gasteiger partial charge in [0.15, 0.2) is 11.6 Å². The number of rotatable bonds is 20. The maximum absolute atomic E-state index is 14.6. The molecule has 0 aliphatic heterocycles. The average molecular weight is 579 g/mol. The highest BCUT2D eigenvalue weighted by atomic mass is 19.1. The summed E-state index contributed by atoms with van der Waals surface area (Å²) in [6, 6.07) is 16.3. The van der Waals surface area contributed by atoms with Crippen LogP contribution < -0.4 is 9.47 Å². The van der Waals surface area contributed by atoms with Crippen LogP contribution in [0.1, 0.15) is 120 Å². The number of hydrogen-bond acceptors (Lipinski definition) is 3. The predicted octanol–water partition coefficient (Wildman–Crippen LogP) is 11.3. The normalized spacial score (nSPS) is 11.0. The molecule has 228 valence electrons. The smallest absolute Gasteiger partial charge is 0.343 e. The second-order valence-corrected chi connectivity index (χ2v) is 11.2. The van der Waals surface area contributed by atoms with Crippen molar-refractivity contribution in [2.75, 3.05) is 6.61 Å². The van der Waals surface area contributed by atoms with Gasteiger partial charge in [-0.15, -0.1) is 0 Å². The number of halogens is 2. The van der Waals surface area contributed by atoms with Crippen LogP contribution in [0.15, 0.2) is 60.7 Å². The molecule has 5 heteroatoms. The molecule has 0 fully saturated rings. The van der Waals surface area contributed by atoms with Crippen LogP contribution in [0.4, 0.5) is 8.78 Å². The molecule has 0 radical (unpaired) electrons. The Morgan fingerprint density at radius 3 is 1.83 bits per heavy atom. The molecule has 0 N–H and O–H groups in total. The molecule has 0 aromatic heterocycles. The van der Waals surface area contributed by atoms with Crippen LogP contribution in [-0.4, -0.2) is 12.6 Å². The van der Waals surface area contributed by atoms with Gasteiger partial charge in [0.1, 0.15) is 11.6 Å². The third-order valence-corrected chi connectivity index (χ3v) is 7.68. The Morgan fingerprint density at radius 2 is 1.21 bits per heavy atom. The van der Waals surface area contributed by atoms with Crippen molar-refractivity contribution in [3.63, 3.8) is 0 Å². The second kappa shape index (κ2) is 19.1. The molecule has 3 nitrogen and oxygen atoms in total. The SMILES string of the molecule is CCCCCCCCCCc1ccc(OC(=O)c2ccc(-c3ccc(OCCCCCCCC)c(F)c3)cc2)cc1F. The largest absolute Gasteiger partial charge is 0.491 e. The van der Waals surface area contributed by atoms with E-state index in [0.29, 0.717) is 29.7 Å². The van der Waals surface area contributed by atoms with Crippen molar-refractivity contribution in [2.24, 2.45) is 0 Å². The molecule has 0 unspecified atom stereocenters. The van der Waals surface area contributed by atoms with Crippen molar-refractivity contribution in [1.82, 2.24) is 0 Å². The third-order valence-electron chi connectivity index (χ3n) is 7.68. The molecule has 0 spiro atoms. The summed E-state index contributed by atoms with van der Waals surface area (Å²) in [5.74, 6) is -0.889. The van der Waals surface area contributed by atoms with Crippen LogP contribution in [0.25, 0.3) is 11.1 Å². The Hall–Kier alpha value is -3.21. The number of aryl methyl sites for hydroxylation is 1. The summed E-state index contributed by atoms with van der Waals surface area (Å²) < 4.78 is 40.3. The van der Waals surface area contributed by atoms with E-state index in [1.54, 1.807) is 42.5 Å². The Kier molecular flexibility index (Phi) is 15.1. The fraction of sp³-hybridized carbons (Fsp3) is 0.486. The summed E-state index contributed by atoms with van der Waals surface area (Å²) in [6.45, 7) is 4.92. The van der Waals surface area contributed by atoms with Gasteiger partial charge >= 0.3 is 5.97 Å². The molecule has 0 aliphatic rings. The van der Waals surface area contributed by atoms with Gasteiger partial charge < -0.3 is 9.47 Å². The van der Waals surface area contributed by atoms with Crippen LogP contribution in [0.2, 0.25) is 0 Å². The molecule has 0 saturated carbocycles. The van der Waals surface area contributed by atoms with Crippen LogP contribution in [0, 0.1) is 11.6 Å². The third kappa shape index (κ3) is 11.6. The molecule has 0 atom stereocenters. The molecule has 0 amide bonds. The maximum atomic E-state index is 14.6. The minimum atomic E-state index is -0.568. The Balaban J connectivity index is 1.45. The van der Waals surface area contributed by atoms with Crippen molar-refractivity contribution in [2.45, 2.75) is 110 Å². The van der Waals surface area contributed by atoms with E-state index in [1.165, 1.54) is 76.3 Å².